The van der Waals surface area contributed by atoms with Gasteiger partial charge in [-0.05, 0) is 40.9 Å². The van der Waals surface area contributed by atoms with Crippen LogP contribution in [0.1, 0.15) is 23.9 Å². The third kappa shape index (κ3) is 2.81. The minimum atomic E-state index is -0.309. The van der Waals surface area contributed by atoms with Gasteiger partial charge in [0.05, 0.1) is 15.9 Å². The number of hydrogen-bond donors (Lipinski definition) is 0. The van der Waals surface area contributed by atoms with E-state index in [0.717, 1.165) is 22.3 Å². The van der Waals surface area contributed by atoms with Gasteiger partial charge >= 0.3 is 0 Å². The number of aromatic nitrogens is 2. The molecule has 3 nitrogen and oxygen atoms in total. The Morgan fingerprint density at radius 1 is 1.42 bits per heavy atom. The molecule has 2 aromatic rings. The molecule has 2 rings (SSSR count). The van der Waals surface area contributed by atoms with Crippen LogP contribution in [0.4, 0.5) is 4.39 Å². The first-order chi connectivity index (χ1) is 9.04. The van der Waals surface area contributed by atoms with Gasteiger partial charge in [0, 0.05) is 7.05 Å². The van der Waals surface area contributed by atoms with E-state index in [0.29, 0.717) is 5.56 Å². The maximum absolute atomic E-state index is 13.8. The van der Waals surface area contributed by atoms with E-state index < -0.39 is 0 Å². The summed E-state index contributed by atoms with van der Waals surface area (Å²) in [7, 11) is 1.86. The van der Waals surface area contributed by atoms with Crippen molar-refractivity contribution in [3.8, 4) is 5.75 Å². The lowest BCUT2D eigenvalue weighted by Gasteiger charge is -2.09. The zero-order valence-electron chi connectivity index (χ0n) is 11.2. The Morgan fingerprint density at radius 2 is 2.16 bits per heavy atom. The molecular weight excluding hydrogens is 311 g/mol. The molecule has 1 aromatic carbocycles. The molecular formula is C14H16BrFN2O. The first-order valence-corrected chi connectivity index (χ1v) is 6.92. The second-order valence-electron chi connectivity index (χ2n) is 4.36. The molecule has 0 aliphatic heterocycles. The summed E-state index contributed by atoms with van der Waals surface area (Å²) in [4.78, 5) is 0. The largest absolute Gasteiger partial charge is 0.484 e. The molecule has 0 saturated carbocycles. The lowest BCUT2D eigenvalue weighted by Crippen LogP contribution is -2.05. The van der Waals surface area contributed by atoms with Crippen molar-refractivity contribution < 1.29 is 9.13 Å². The van der Waals surface area contributed by atoms with Crippen molar-refractivity contribution in [1.29, 1.82) is 0 Å². The molecule has 0 saturated heterocycles. The lowest BCUT2D eigenvalue weighted by atomic mass is 10.2. The third-order valence-corrected chi connectivity index (χ3v) is 3.94. The SMILES string of the molecule is CCc1nn(C)c(COc2cccc(C)c2F)c1Br. The summed E-state index contributed by atoms with van der Waals surface area (Å²) in [6.07, 6.45) is 0.841. The summed E-state index contributed by atoms with van der Waals surface area (Å²) in [6, 6.07) is 5.13. The molecule has 0 aliphatic rings. The zero-order valence-corrected chi connectivity index (χ0v) is 12.8. The van der Waals surface area contributed by atoms with Crippen LogP contribution < -0.4 is 4.74 Å². The van der Waals surface area contributed by atoms with Crippen LogP contribution in [0.2, 0.25) is 0 Å². The highest BCUT2D eigenvalue weighted by molar-refractivity contribution is 9.10. The summed E-state index contributed by atoms with van der Waals surface area (Å²) in [5, 5.41) is 4.38. The maximum Gasteiger partial charge on any atom is 0.167 e. The number of benzene rings is 1. The van der Waals surface area contributed by atoms with Crippen molar-refractivity contribution in [3.05, 3.63) is 45.4 Å². The van der Waals surface area contributed by atoms with Crippen LogP contribution in [0, 0.1) is 12.7 Å². The van der Waals surface area contributed by atoms with Gasteiger partial charge in [-0.15, -0.1) is 0 Å². The Morgan fingerprint density at radius 3 is 2.79 bits per heavy atom. The molecule has 0 bridgehead atoms. The van der Waals surface area contributed by atoms with Gasteiger partial charge in [-0.3, -0.25) is 4.68 Å². The van der Waals surface area contributed by atoms with E-state index >= 15 is 0 Å². The van der Waals surface area contributed by atoms with E-state index in [9.17, 15) is 4.39 Å². The Bertz CT molecular complexity index is 595. The zero-order chi connectivity index (χ0) is 14.0. The normalized spacial score (nSPS) is 10.8. The molecule has 102 valence electrons. The van der Waals surface area contributed by atoms with Crippen molar-refractivity contribution >= 4 is 15.9 Å². The van der Waals surface area contributed by atoms with Crippen molar-refractivity contribution in [3.63, 3.8) is 0 Å². The van der Waals surface area contributed by atoms with Crippen molar-refractivity contribution in [1.82, 2.24) is 9.78 Å². The average Bonchev–Trinajstić information content (AvgIpc) is 2.66. The number of rotatable bonds is 4. The van der Waals surface area contributed by atoms with E-state index in [4.69, 9.17) is 4.74 Å². The molecule has 0 spiro atoms. The van der Waals surface area contributed by atoms with E-state index in [1.54, 1.807) is 29.8 Å². The number of nitrogens with zero attached hydrogens (tertiary/aromatic N) is 2. The number of halogens is 2. The van der Waals surface area contributed by atoms with Crippen LogP contribution in [0.15, 0.2) is 22.7 Å². The van der Waals surface area contributed by atoms with Gasteiger partial charge in [-0.1, -0.05) is 19.1 Å². The quantitative estimate of drug-likeness (QED) is 0.855. The average molecular weight is 327 g/mol. The predicted octanol–water partition coefficient (Wildman–Crippen LogP) is 3.77. The molecule has 0 fully saturated rings. The molecule has 1 aromatic heterocycles. The Balaban J connectivity index is 2.19. The van der Waals surface area contributed by atoms with Gasteiger partial charge in [-0.25, -0.2) is 4.39 Å². The van der Waals surface area contributed by atoms with Crippen LogP contribution in [0.5, 0.6) is 5.75 Å². The summed E-state index contributed by atoms with van der Waals surface area (Å²) in [6.45, 7) is 4.04. The van der Waals surface area contributed by atoms with E-state index in [1.807, 2.05) is 14.0 Å². The fourth-order valence-corrected chi connectivity index (χ4v) is 2.59. The van der Waals surface area contributed by atoms with Crippen molar-refractivity contribution in [2.75, 3.05) is 0 Å². The van der Waals surface area contributed by atoms with E-state index in [2.05, 4.69) is 21.0 Å². The van der Waals surface area contributed by atoms with Gasteiger partial charge in [0.1, 0.15) is 6.61 Å². The Labute approximate surface area is 120 Å². The predicted molar refractivity (Wildman–Crippen MR) is 75.8 cm³/mol. The molecule has 0 amide bonds. The van der Waals surface area contributed by atoms with Gasteiger partial charge in [-0.2, -0.15) is 5.10 Å². The summed E-state index contributed by atoms with van der Waals surface area (Å²) >= 11 is 3.51. The lowest BCUT2D eigenvalue weighted by molar-refractivity contribution is 0.279. The van der Waals surface area contributed by atoms with Crippen LogP contribution in [-0.4, -0.2) is 9.78 Å². The number of ether oxygens (including phenoxy) is 1. The fourth-order valence-electron chi connectivity index (χ4n) is 1.85. The topological polar surface area (TPSA) is 27.1 Å². The highest BCUT2D eigenvalue weighted by Crippen LogP contribution is 2.25. The second-order valence-corrected chi connectivity index (χ2v) is 5.15. The van der Waals surface area contributed by atoms with Crippen molar-refractivity contribution in [2.45, 2.75) is 26.9 Å². The molecule has 1 heterocycles. The highest BCUT2D eigenvalue weighted by atomic mass is 79.9. The highest BCUT2D eigenvalue weighted by Gasteiger charge is 2.14. The van der Waals surface area contributed by atoms with Crippen LogP contribution in [0.25, 0.3) is 0 Å². The molecule has 0 N–H and O–H groups in total. The second kappa shape index (κ2) is 5.74. The summed E-state index contributed by atoms with van der Waals surface area (Å²) in [5.74, 6) is -0.0392. The van der Waals surface area contributed by atoms with Crippen LogP contribution >= 0.6 is 15.9 Å². The molecule has 0 aliphatic carbocycles. The minimum Gasteiger partial charge on any atom is -0.484 e. The maximum atomic E-state index is 13.8. The fraction of sp³-hybridized carbons (Fsp3) is 0.357. The molecule has 0 atom stereocenters. The van der Waals surface area contributed by atoms with Gasteiger partial charge in [0.25, 0.3) is 0 Å². The summed E-state index contributed by atoms with van der Waals surface area (Å²) in [5.41, 5.74) is 2.46. The first-order valence-electron chi connectivity index (χ1n) is 6.12. The first kappa shape index (κ1) is 14.1. The monoisotopic (exact) mass is 326 g/mol. The third-order valence-electron chi connectivity index (χ3n) is 3.02. The van der Waals surface area contributed by atoms with Gasteiger partial charge in [0.2, 0.25) is 0 Å². The smallest absolute Gasteiger partial charge is 0.167 e. The number of aryl methyl sites for hydroxylation is 3. The molecule has 0 radical (unpaired) electrons. The summed E-state index contributed by atoms with van der Waals surface area (Å²) < 4.78 is 22.1. The van der Waals surface area contributed by atoms with E-state index in [-0.39, 0.29) is 18.2 Å². The molecule has 5 heteroatoms. The van der Waals surface area contributed by atoms with Crippen molar-refractivity contribution in [2.24, 2.45) is 7.05 Å². The molecule has 19 heavy (non-hydrogen) atoms. The number of hydrogen-bond acceptors (Lipinski definition) is 2. The van der Waals surface area contributed by atoms with Crippen LogP contribution in [-0.2, 0) is 20.1 Å². The standard InChI is InChI=1S/C14H16BrFN2O/c1-4-10-13(15)11(18(3)17-10)8-19-12-7-5-6-9(2)14(12)16/h5-7H,4,8H2,1-3H3. The van der Waals surface area contributed by atoms with E-state index in [1.165, 1.54) is 0 Å². The molecule has 0 unspecified atom stereocenters. The van der Waals surface area contributed by atoms with Gasteiger partial charge < -0.3 is 4.74 Å². The Hall–Kier alpha value is -1.36. The van der Waals surface area contributed by atoms with Crippen LogP contribution in [0.3, 0.4) is 0 Å². The Kier molecular flexibility index (Phi) is 4.24. The minimum absolute atomic E-state index is 0.270. The van der Waals surface area contributed by atoms with Gasteiger partial charge in [0.15, 0.2) is 11.6 Å².